The van der Waals surface area contributed by atoms with Crippen LogP contribution in [-0.4, -0.2) is 50.1 Å². The largest absolute Gasteiger partial charge is 0.489 e. The van der Waals surface area contributed by atoms with Crippen LogP contribution in [0.5, 0.6) is 5.75 Å². The third-order valence-electron chi connectivity index (χ3n) is 6.35. The van der Waals surface area contributed by atoms with E-state index in [-0.39, 0.29) is 30.6 Å². The van der Waals surface area contributed by atoms with E-state index in [2.05, 4.69) is 10.00 Å². The first-order chi connectivity index (χ1) is 16.2. The van der Waals surface area contributed by atoms with Gasteiger partial charge in [-0.15, -0.1) is 12.4 Å². The second-order valence-electron chi connectivity index (χ2n) is 8.47. The highest BCUT2D eigenvalue weighted by atomic mass is 35.5. The molecule has 34 heavy (non-hydrogen) atoms. The minimum absolute atomic E-state index is 0. The van der Waals surface area contributed by atoms with Crippen molar-refractivity contribution in [3.8, 4) is 11.4 Å². The zero-order valence-electron chi connectivity index (χ0n) is 18.9. The molecule has 0 aliphatic carbocycles. The van der Waals surface area contributed by atoms with Crippen LogP contribution in [0.25, 0.3) is 16.6 Å². The average molecular weight is 481 g/mol. The molecule has 1 atom stereocenters. The summed E-state index contributed by atoms with van der Waals surface area (Å²) in [7, 11) is 0. The predicted molar refractivity (Wildman–Crippen MR) is 135 cm³/mol. The smallest absolute Gasteiger partial charge is 0.258 e. The molecule has 4 aromatic rings. The van der Waals surface area contributed by atoms with Crippen molar-refractivity contribution in [2.45, 2.75) is 32.0 Å². The Morgan fingerprint density at radius 2 is 1.91 bits per heavy atom. The van der Waals surface area contributed by atoms with E-state index in [4.69, 9.17) is 4.74 Å². The quantitative estimate of drug-likeness (QED) is 0.417. The fraction of sp³-hybridized carbons (Fsp3) is 0.308. The van der Waals surface area contributed by atoms with Crippen LogP contribution in [0.15, 0.2) is 77.9 Å². The number of aliphatic hydroxyl groups is 1. The van der Waals surface area contributed by atoms with Gasteiger partial charge in [0.2, 0.25) is 0 Å². The maximum absolute atomic E-state index is 12.7. The molecule has 0 saturated carbocycles. The Labute approximate surface area is 204 Å². The van der Waals surface area contributed by atoms with Gasteiger partial charge >= 0.3 is 0 Å². The first-order valence-electron chi connectivity index (χ1n) is 11.4. The van der Waals surface area contributed by atoms with Crippen LogP contribution in [0.4, 0.5) is 0 Å². The Balaban J connectivity index is 0.00000274. The lowest BCUT2D eigenvalue weighted by atomic mass is 10.2. The summed E-state index contributed by atoms with van der Waals surface area (Å²) in [5.41, 5.74) is 2.74. The van der Waals surface area contributed by atoms with E-state index in [1.807, 2.05) is 65.5 Å². The first kappa shape index (κ1) is 24.0. The SMILES string of the molecule is Cl.O=c1cc(OCc2ccccc2)ccn1-c1ccc2c(cnn2CCN2CCC[C@@H]2CO)c1. The Hall–Kier alpha value is -3.13. The molecule has 7 nitrogen and oxygen atoms in total. The lowest BCUT2D eigenvalue weighted by Crippen LogP contribution is -2.34. The number of fused-ring (bicyclic) bond motifs is 1. The molecule has 0 bridgehead atoms. The van der Waals surface area contributed by atoms with Crippen molar-refractivity contribution >= 4 is 23.3 Å². The molecule has 0 amide bonds. The van der Waals surface area contributed by atoms with Crippen molar-refractivity contribution in [3.63, 3.8) is 0 Å². The van der Waals surface area contributed by atoms with Gasteiger partial charge < -0.3 is 9.84 Å². The molecule has 1 aliphatic heterocycles. The van der Waals surface area contributed by atoms with E-state index in [1.54, 1.807) is 10.8 Å². The summed E-state index contributed by atoms with van der Waals surface area (Å²) >= 11 is 0. The summed E-state index contributed by atoms with van der Waals surface area (Å²) in [5, 5.41) is 15.1. The van der Waals surface area contributed by atoms with Crippen molar-refractivity contribution in [2.75, 3.05) is 19.7 Å². The molecule has 2 aromatic carbocycles. The second-order valence-corrected chi connectivity index (χ2v) is 8.47. The van der Waals surface area contributed by atoms with Gasteiger partial charge in [-0.05, 0) is 49.2 Å². The van der Waals surface area contributed by atoms with Crippen molar-refractivity contribution in [3.05, 3.63) is 89.0 Å². The number of halogens is 1. The van der Waals surface area contributed by atoms with Crippen LogP contribution in [0, 0.1) is 0 Å². The van der Waals surface area contributed by atoms with Crippen LogP contribution < -0.4 is 10.3 Å². The van der Waals surface area contributed by atoms with Crippen LogP contribution in [-0.2, 0) is 13.2 Å². The fourth-order valence-electron chi connectivity index (χ4n) is 4.53. The van der Waals surface area contributed by atoms with E-state index in [0.717, 1.165) is 54.6 Å². The van der Waals surface area contributed by atoms with Gasteiger partial charge in [0.15, 0.2) is 0 Å². The number of likely N-dealkylation sites (tertiary alicyclic amines) is 1. The number of ether oxygens (including phenoxy) is 1. The molecule has 1 saturated heterocycles. The van der Waals surface area contributed by atoms with Crippen LogP contribution in [0.1, 0.15) is 18.4 Å². The van der Waals surface area contributed by atoms with E-state index in [9.17, 15) is 9.90 Å². The number of aromatic nitrogens is 3. The summed E-state index contributed by atoms with van der Waals surface area (Å²) in [4.78, 5) is 15.1. The minimum atomic E-state index is -0.142. The van der Waals surface area contributed by atoms with Crippen molar-refractivity contribution in [1.82, 2.24) is 19.2 Å². The molecular weight excluding hydrogens is 452 g/mol. The van der Waals surface area contributed by atoms with Gasteiger partial charge in [-0.2, -0.15) is 5.10 Å². The van der Waals surface area contributed by atoms with Gasteiger partial charge in [-0.1, -0.05) is 30.3 Å². The van der Waals surface area contributed by atoms with Crippen LogP contribution >= 0.6 is 12.4 Å². The van der Waals surface area contributed by atoms with Crippen LogP contribution in [0.2, 0.25) is 0 Å². The van der Waals surface area contributed by atoms with Crippen LogP contribution in [0.3, 0.4) is 0 Å². The predicted octanol–water partition coefficient (Wildman–Crippen LogP) is 3.64. The maximum Gasteiger partial charge on any atom is 0.258 e. The molecule has 8 heteroatoms. The molecule has 0 spiro atoms. The molecule has 2 aromatic heterocycles. The number of benzene rings is 2. The number of nitrogens with zero attached hydrogens (tertiary/aromatic N) is 4. The van der Waals surface area contributed by atoms with Gasteiger partial charge in [0, 0.05) is 35.9 Å². The second kappa shape index (κ2) is 10.9. The summed E-state index contributed by atoms with van der Waals surface area (Å²) in [6, 6.07) is 19.4. The van der Waals surface area contributed by atoms with Gasteiger partial charge in [0.05, 0.1) is 24.9 Å². The molecule has 3 heterocycles. The Morgan fingerprint density at radius 1 is 1.06 bits per heavy atom. The number of pyridine rings is 1. The maximum atomic E-state index is 12.7. The summed E-state index contributed by atoms with van der Waals surface area (Å²) in [5.74, 6) is 0.553. The fourth-order valence-corrected chi connectivity index (χ4v) is 4.53. The summed E-state index contributed by atoms with van der Waals surface area (Å²) in [6.07, 6.45) is 5.79. The summed E-state index contributed by atoms with van der Waals surface area (Å²) < 4.78 is 9.38. The molecule has 1 N–H and O–H groups in total. The normalized spacial score (nSPS) is 16.0. The minimum Gasteiger partial charge on any atom is -0.489 e. The first-order valence-corrected chi connectivity index (χ1v) is 11.4. The van der Waals surface area contributed by atoms with Crippen molar-refractivity contribution in [2.24, 2.45) is 0 Å². The molecule has 0 radical (unpaired) electrons. The monoisotopic (exact) mass is 480 g/mol. The average Bonchev–Trinajstić information content (AvgIpc) is 3.48. The zero-order chi connectivity index (χ0) is 22.6. The highest BCUT2D eigenvalue weighted by Gasteiger charge is 2.23. The number of rotatable bonds is 8. The molecule has 1 fully saturated rings. The molecule has 0 unspecified atom stereocenters. The Bertz CT molecular complexity index is 1290. The number of aliphatic hydroxyl groups excluding tert-OH is 1. The van der Waals surface area contributed by atoms with E-state index in [1.165, 1.54) is 6.07 Å². The van der Waals surface area contributed by atoms with E-state index >= 15 is 0 Å². The number of hydrogen-bond donors (Lipinski definition) is 1. The van der Waals surface area contributed by atoms with Gasteiger partial charge in [0.25, 0.3) is 5.56 Å². The summed E-state index contributed by atoms with van der Waals surface area (Å²) in [6.45, 7) is 3.31. The highest BCUT2D eigenvalue weighted by molar-refractivity contribution is 5.85. The molecule has 5 rings (SSSR count). The zero-order valence-corrected chi connectivity index (χ0v) is 19.7. The number of hydrogen-bond acceptors (Lipinski definition) is 5. The van der Waals surface area contributed by atoms with Crippen molar-refractivity contribution < 1.29 is 9.84 Å². The van der Waals surface area contributed by atoms with Gasteiger partial charge in [-0.3, -0.25) is 18.9 Å². The lowest BCUT2D eigenvalue weighted by molar-refractivity contribution is 0.154. The van der Waals surface area contributed by atoms with Gasteiger partial charge in [0.1, 0.15) is 12.4 Å². The topological polar surface area (TPSA) is 72.5 Å². The highest BCUT2D eigenvalue weighted by Crippen LogP contribution is 2.20. The Morgan fingerprint density at radius 3 is 2.71 bits per heavy atom. The van der Waals surface area contributed by atoms with Gasteiger partial charge in [-0.25, -0.2) is 0 Å². The van der Waals surface area contributed by atoms with E-state index < -0.39 is 0 Å². The molecule has 178 valence electrons. The molecular formula is C26H29ClN4O3. The molecule has 1 aliphatic rings. The third kappa shape index (κ3) is 5.17. The van der Waals surface area contributed by atoms with Crippen molar-refractivity contribution in [1.29, 1.82) is 0 Å². The van der Waals surface area contributed by atoms with E-state index in [0.29, 0.717) is 12.4 Å². The lowest BCUT2D eigenvalue weighted by Gasteiger charge is -2.22. The third-order valence-corrected chi connectivity index (χ3v) is 6.35. The Kier molecular flexibility index (Phi) is 7.67. The standard InChI is InChI=1S/C26H28N4O3.ClH/c31-18-23-7-4-11-28(23)13-14-30-25-9-8-22(15-21(25)17-27-30)29-12-10-24(16-26(29)32)33-19-20-5-2-1-3-6-20;/h1-3,5-6,8-10,12,15-17,23,31H,4,7,11,13-14,18-19H2;1H/t23-;/m1./s1.